The van der Waals surface area contributed by atoms with E-state index < -0.39 is 17.5 Å². The van der Waals surface area contributed by atoms with E-state index in [1.807, 2.05) is 12.1 Å². The van der Waals surface area contributed by atoms with Crippen LogP contribution in [0.1, 0.15) is 37.3 Å². The third-order valence-corrected chi connectivity index (χ3v) is 7.74. The zero-order valence-electron chi connectivity index (χ0n) is 18.6. The Morgan fingerprint density at radius 3 is 2.64 bits per heavy atom. The molecule has 2 aromatic rings. The van der Waals surface area contributed by atoms with Gasteiger partial charge >= 0.3 is 0 Å². The van der Waals surface area contributed by atoms with Crippen LogP contribution in [0.3, 0.4) is 0 Å². The molecular formula is C25H27F2N3O3. The summed E-state index contributed by atoms with van der Waals surface area (Å²) < 4.78 is 26.8. The van der Waals surface area contributed by atoms with E-state index in [4.69, 9.17) is 0 Å². The van der Waals surface area contributed by atoms with Gasteiger partial charge in [-0.3, -0.25) is 9.59 Å². The number of carbonyl (C=O) groups excluding carboxylic acids is 2. The van der Waals surface area contributed by atoms with Gasteiger partial charge in [-0.25, -0.2) is 8.78 Å². The molecule has 3 aliphatic rings. The highest BCUT2D eigenvalue weighted by Crippen LogP contribution is 2.63. The summed E-state index contributed by atoms with van der Waals surface area (Å²) in [7, 11) is 2.06. The maximum Gasteiger partial charge on any atom is 0.224 e. The molecule has 1 saturated heterocycles. The molecule has 1 heterocycles. The number of likely N-dealkylation sites (N-methyl/N-ethyl adjacent to an activating group) is 1. The highest BCUT2D eigenvalue weighted by atomic mass is 19.1. The number of nitrogens with zero attached hydrogens (tertiary/aromatic N) is 1. The number of hydrogen-bond donors (Lipinski definition) is 3. The summed E-state index contributed by atoms with van der Waals surface area (Å²) in [6.07, 6.45) is 1.69. The summed E-state index contributed by atoms with van der Waals surface area (Å²) >= 11 is 0. The van der Waals surface area contributed by atoms with E-state index in [-0.39, 0.29) is 53.1 Å². The minimum atomic E-state index is -0.862. The Morgan fingerprint density at radius 2 is 1.91 bits per heavy atom. The minimum Gasteiger partial charge on any atom is -0.508 e. The quantitative estimate of drug-likeness (QED) is 0.647. The molecule has 2 amide bonds. The molecule has 3 N–H and O–H groups in total. The zero-order chi connectivity index (χ0) is 23.5. The molecule has 1 spiro atoms. The van der Waals surface area contributed by atoms with Crippen molar-refractivity contribution < 1.29 is 23.5 Å². The highest BCUT2D eigenvalue weighted by Gasteiger charge is 2.69. The molecule has 5 rings (SSSR count). The fraction of sp³-hybridized carbons (Fsp3) is 0.440. The standard InChI is InChI=1S/C25H27F2N3O3/c1-24-12-25(11-14-3-5-16(31)10-17(14)24)13-30(2)23(25)22(24)29-21(33)8-7-20(32)28-19-6-4-15(26)9-18(19)27/h3-6,9-10,22-23,31H,7-8,11-13H2,1-2H3,(H,28,32)(H,29,33)/t22-,23-,24-,25-/m0/s1. The van der Waals surface area contributed by atoms with Crippen LogP contribution in [0.25, 0.3) is 0 Å². The second-order valence-corrected chi connectivity index (χ2v) is 10.1. The molecule has 174 valence electrons. The summed E-state index contributed by atoms with van der Waals surface area (Å²) in [5, 5.41) is 15.7. The van der Waals surface area contributed by atoms with Crippen LogP contribution in [-0.2, 0) is 21.4 Å². The number of hydrogen-bond acceptors (Lipinski definition) is 4. The first-order valence-electron chi connectivity index (χ1n) is 11.2. The van der Waals surface area contributed by atoms with Gasteiger partial charge in [0.25, 0.3) is 0 Å². The zero-order valence-corrected chi connectivity index (χ0v) is 18.6. The van der Waals surface area contributed by atoms with E-state index in [0.29, 0.717) is 6.07 Å². The van der Waals surface area contributed by atoms with Crippen molar-refractivity contribution in [2.24, 2.45) is 5.41 Å². The lowest BCUT2D eigenvalue weighted by Crippen LogP contribution is -2.67. The molecule has 2 aromatic carbocycles. The van der Waals surface area contributed by atoms with E-state index >= 15 is 0 Å². The molecule has 6 nitrogen and oxygen atoms in total. The van der Waals surface area contributed by atoms with E-state index in [1.54, 1.807) is 6.07 Å². The van der Waals surface area contributed by atoms with Gasteiger partial charge in [-0.15, -0.1) is 0 Å². The maximum atomic E-state index is 13.8. The van der Waals surface area contributed by atoms with Crippen molar-refractivity contribution in [1.29, 1.82) is 0 Å². The minimum absolute atomic E-state index is 0.0441. The van der Waals surface area contributed by atoms with Crippen LogP contribution in [0.15, 0.2) is 36.4 Å². The van der Waals surface area contributed by atoms with Gasteiger partial charge in [0.1, 0.15) is 17.4 Å². The lowest BCUT2D eigenvalue weighted by atomic mass is 9.63. The van der Waals surface area contributed by atoms with Gasteiger partial charge in [0.2, 0.25) is 11.8 Å². The number of phenolic OH excluding ortho intramolecular Hbond substituents is 1. The first-order valence-corrected chi connectivity index (χ1v) is 11.2. The molecule has 1 aliphatic heterocycles. The van der Waals surface area contributed by atoms with E-state index in [2.05, 4.69) is 29.5 Å². The Labute approximate surface area is 191 Å². The summed E-state index contributed by atoms with van der Waals surface area (Å²) in [5.41, 5.74) is 1.95. The van der Waals surface area contributed by atoms with E-state index in [0.717, 1.165) is 37.1 Å². The van der Waals surface area contributed by atoms with Crippen molar-refractivity contribution >= 4 is 17.5 Å². The van der Waals surface area contributed by atoms with E-state index in [9.17, 15) is 23.5 Å². The van der Waals surface area contributed by atoms with Gasteiger partial charge in [0.05, 0.1) is 11.7 Å². The largest absolute Gasteiger partial charge is 0.508 e. The highest BCUT2D eigenvalue weighted by molar-refractivity contribution is 5.93. The SMILES string of the molecule is CN1C[C@]23Cc4ccc(O)cc4[C@](C)(C2)[C@@H](NC(=O)CCC(=O)Nc2ccc(F)cc2F)[C@H]13. The average molecular weight is 456 g/mol. The Bertz CT molecular complexity index is 1160. The molecule has 0 radical (unpaired) electrons. The number of halogens is 2. The Kier molecular flexibility index (Phi) is 4.97. The summed E-state index contributed by atoms with van der Waals surface area (Å²) in [6.45, 7) is 3.11. The Balaban J connectivity index is 1.28. The first kappa shape index (κ1) is 21.8. The second kappa shape index (κ2) is 7.52. The monoisotopic (exact) mass is 455 g/mol. The number of amides is 2. The molecule has 2 bridgehead atoms. The van der Waals surface area contributed by atoms with Gasteiger partial charge in [-0.2, -0.15) is 0 Å². The summed E-state index contributed by atoms with van der Waals surface area (Å²) in [6, 6.07) is 8.47. The van der Waals surface area contributed by atoms with Crippen molar-refractivity contribution in [2.45, 2.75) is 50.1 Å². The number of rotatable bonds is 5. The fourth-order valence-electron chi connectivity index (χ4n) is 6.63. The molecule has 2 aliphatic carbocycles. The van der Waals surface area contributed by atoms with Crippen LogP contribution in [0.5, 0.6) is 5.75 Å². The van der Waals surface area contributed by atoms with Crippen LogP contribution in [-0.4, -0.2) is 47.5 Å². The van der Waals surface area contributed by atoms with Crippen molar-refractivity contribution in [3.05, 3.63) is 59.2 Å². The lowest BCUT2D eigenvalue weighted by Gasteiger charge is -2.54. The topological polar surface area (TPSA) is 81.7 Å². The van der Waals surface area contributed by atoms with Crippen molar-refractivity contribution in [3.8, 4) is 5.75 Å². The summed E-state index contributed by atoms with van der Waals surface area (Å²) in [5.74, 6) is -2.14. The molecule has 33 heavy (non-hydrogen) atoms. The number of fused-ring (bicyclic) bond motifs is 3. The predicted octanol–water partition coefficient (Wildman–Crippen LogP) is 3.09. The normalized spacial score (nSPS) is 29.6. The smallest absolute Gasteiger partial charge is 0.224 e. The van der Waals surface area contributed by atoms with E-state index in [1.165, 1.54) is 5.56 Å². The molecule has 1 saturated carbocycles. The van der Waals surface area contributed by atoms with Crippen LogP contribution in [0, 0.1) is 17.0 Å². The van der Waals surface area contributed by atoms with Gasteiger partial charge in [-0.05, 0) is 55.3 Å². The third kappa shape index (κ3) is 3.47. The van der Waals surface area contributed by atoms with Crippen LogP contribution >= 0.6 is 0 Å². The molecule has 0 unspecified atom stereocenters. The first-order chi connectivity index (χ1) is 15.6. The number of carbonyl (C=O) groups is 2. The summed E-state index contributed by atoms with van der Waals surface area (Å²) in [4.78, 5) is 27.4. The van der Waals surface area contributed by atoms with Crippen molar-refractivity contribution in [2.75, 3.05) is 18.9 Å². The lowest BCUT2D eigenvalue weighted by molar-refractivity contribution is -0.126. The molecule has 4 atom stereocenters. The van der Waals surface area contributed by atoms with Crippen LogP contribution < -0.4 is 10.6 Å². The van der Waals surface area contributed by atoms with Crippen LogP contribution in [0.2, 0.25) is 0 Å². The van der Waals surface area contributed by atoms with Crippen molar-refractivity contribution in [1.82, 2.24) is 10.2 Å². The Morgan fingerprint density at radius 1 is 1.15 bits per heavy atom. The van der Waals surface area contributed by atoms with Gasteiger partial charge in [0, 0.05) is 42.3 Å². The third-order valence-electron chi connectivity index (χ3n) is 7.74. The molecular weight excluding hydrogens is 428 g/mol. The average Bonchev–Trinajstić information content (AvgIpc) is 2.89. The van der Waals surface area contributed by atoms with Crippen LogP contribution in [0.4, 0.5) is 14.5 Å². The second-order valence-electron chi connectivity index (χ2n) is 10.1. The van der Waals surface area contributed by atoms with Gasteiger partial charge in [0.15, 0.2) is 0 Å². The number of anilines is 1. The maximum absolute atomic E-state index is 13.8. The number of nitrogens with one attached hydrogen (secondary N) is 2. The number of phenols is 1. The van der Waals surface area contributed by atoms with Gasteiger partial charge < -0.3 is 20.6 Å². The fourth-order valence-corrected chi connectivity index (χ4v) is 6.63. The number of benzene rings is 2. The molecule has 0 aromatic heterocycles. The molecule has 8 heteroatoms. The Hall–Kier alpha value is -3.00. The number of aromatic hydroxyl groups is 1. The number of likely N-dealkylation sites (tertiary alicyclic amines) is 1. The molecule has 2 fully saturated rings. The predicted molar refractivity (Wildman–Crippen MR) is 119 cm³/mol. The van der Waals surface area contributed by atoms with Crippen molar-refractivity contribution in [3.63, 3.8) is 0 Å². The van der Waals surface area contributed by atoms with Gasteiger partial charge in [-0.1, -0.05) is 13.0 Å².